The van der Waals surface area contributed by atoms with Crippen molar-refractivity contribution in [3.05, 3.63) is 39.8 Å². The van der Waals surface area contributed by atoms with Crippen molar-refractivity contribution in [3.63, 3.8) is 0 Å². The van der Waals surface area contributed by atoms with Gasteiger partial charge in [0.1, 0.15) is 10.5 Å². The molecule has 7 heteroatoms. The van der Waals surface area contributed by atoms with E-state index < -0.39 is 0 Å². The van der Waals surface area contributed by atoms with Crippen LogP contribution in [0.25, 0.3) is 26.2 Å². The van der Waals surface area contributed by atoms with Crippen LogP contribution in [0.4, 0.5) is 0 Å². The summed E-state index contributed by atoms with van der Waals surface area (Å²) in [6.07, 6.45) is 0. The van der Waals surface area contributed by atoms with Crippen LogP contribution in [0.15, 0.2) is 29.1 Å². The molecule has 3 aromatic heterocycles. The molecule has 0 amide bonds. The number of hydrogen-bond donors (Lipinski definition) is 1. The molecule has 0 fully saturated rings. The van der Waals surface area contributed by atoms with Gasteiger partial charge < -0.3 is 0 Å². The van der Waals surface area contributed by atoms with Gasteiger partial charge in [-0.3, -0.25) is 14.3 Å². The topological polar surface area (TPSA) is 63.0 Å². The van der Waals surface area contributed by atoms with Gasteiger partial charge in [0.2, 0.25) is 0 Å². The number of aromatic nitrogens is 4. The van der Waals surface area contributed by atoms with Gasteiger partial charge in [0.25, 0.3) is 5.56 Å². The third-order valence-electron chi connectivity index (χ3n) is 2.82. The number of hydrogen-bond acceptors (Lipinski definition) is 4. The Bertz CT molecular complexity index is 968. The van der Waals surface area contributed by atoms with Gasteiger partial charge in [-0.1, -0.05) is 35.1 Å². The smallest absolute Gasteiger partial charge is 0.268 e. The summed E-state index contributed by atoms with van der Waals surface area (Å²) >= 11 is 7.38. The van der Waals surface area contributed by atoms with Crippen LogP contribution >= 0.6 is 22.9 Å². The first-order valence-electron chi connectivity index (χ1n) is 5.19. The number of aromatic amines is 1. The lowest BCUT2D eigenvalue weighted by Gasteiger charge is -1.94. The van der Waals surface area contributed by atoms with Crippen LogP contribution in [0.2, 0.25) is 5.15 Å². The lowest BCUT2D eigenvalue weighted by Crippen LogP contribution is -2.13. The summed E-state index contributed by atoms with van der Waals surface area (Å²) in [6, 6.07) is 7.67. The fourth-order valence-electron chi connectivity index (χ4n) is 2.03. The number of nitrogens with one attached hydrogen (secondary N) is 1. The van der Waals surface area contributed by atoms with E-state index in [4.69, 9.17) is 11.6 Å². The Morgan fingerprint density at radius 2 is 2.17 bits per heavy atom. The molecular formula is C11H5ClN4OS. The van der Waals surface area contributed by atoms with Crippen LogP contribution in [-0.4, -0.2) is 19.6 Å². The number of para-hydroxylation sites is 1. The fourth-order valence-corrected chi connectivity index (χ4v) is 3.25. The first-order valence-corrected chi connectivity index (χ1v) is 6.39. The molecule has 4 rings (SSSR count). The molecule has 0 saturated heterocycles. The highest BCUT2D eigenvalue weighted by Crippen LogP contribution is 2.25. The third kappa shape index (κ3) is 1.13. The second-order valence-electron chi connectivity index (χ2n) is 3.84. The first-order chi connectivity index (χ1) is 8.75. The maximum Gasteiger partial charge on any atom is 0.271 e. The van der Waals surface area contributed by atoms with Crippen LogP contribution in [-0.2, 0) is 0 Å². The number of H-pyrrole nitrogens is 1. The molecule has 0 radical (unpaired) electrons. The summed E-state index contributed by atoms with van der Waals surface area (Å²) in [7, 11) is 0. The number of halogens is 1. The molecule has 0 saturated carbocycles. The Morgan fingerprint density at radius 1 is 1.33 bits per heavy atom. The molecule has 3 heterocycles. The lowest BCUT2D eigenvalue weighted by molar-refractivity contribution is 1.09. The van der Waals surface area contributed by atoms with Crippen molar-refractivity contribution >= 4 is 49.1 Å². The number of nitrogens with zero attached hydrogens (tertiary/aromatic N) is 3. The van der Waals surface area contributed by atoms with E-state index in [0.717, 1.165) is 10.2 Å². The van der Waals surface area contributed by atoms with Crippen molar-refractivity contribution in [1.29, 1.82) is 0 Å². The van der Waals surface area contributed by atoms with Crippen molar-refractivity contribution in [1.82, 2.24) is 19.6 Å². The molecule has 1 aromatic carbocycles. The van der Waals surface area contributed by atoms with Gasteiger partial charge in [0.05, 0.1) is 10.2 Å². The first kappa shape index (κ1) is 10.0. The zero-order chi connectivity index (χ0) is 12.3. The molecule has 88 valence electrons. The predicted octanol–water partition coefficient (Wildman–Crippen LogP) is 2.44. The molecule has 0 unspecified atom stereocenters. The van der Waals surface area contributed by atoms with E-state index in [1.807, 2.05) is 24.3 Å². The molecule has 18 heavy (non-hydrogen) atoms. The number of rotatable bonds is 0. The van der Waals surface area contributed by atoms with Crippen molar-refractivity contribution in [3.8, 4) is 0 Å². The summed E-state index contributed by atoms with van der Waals surface area (Å²) in [6.45, 7) is 0. The van der Waals surface area contributed by atoms with Crippen LogP contribution in [0.5, 0.6) is 0 Å². The highest BCUT2D eigenvalue weighted by atomic mass is 35.5. The number of benzene rings is 1. The van der Waals surface area contributed by atoms with Gasteiger partial charge in [0, 0.05) is 0 Å². The minimum absolute atomic E-state index is 0.189. The second kappa shape index (κ2) is 3.30. The Morgan fingerprint density at radius 3 is 3.06 bits per heavy atom. The fraction of sp³-hybridized carbons (Fsp3) is 0. The van der Waals surface area contributed by atoms with Gasteiger partial charge in [0.15, 0.2) is 10.6 Å². The van der Waals surface area contributed by atoms with E-state index in [1.165, 1.54) is 11.3 Å². The maximum absolute atomic E-state index is 12.4. The van der Waals surface area contributed by atoms with Gasteiger partial charge in [-0.15, -0.1) is 0 Å². The second-order valence-corrected chi connectivity index (χ2v) is 5.23. The molecule has 0 aliphatic carbocycles. The van der Waals surface area contributed by atoms with Crippen molar-refractivity contribution < 1.29 is 0 Å². The largest absolute Gasteiger partial charge is 0.271 e. The highest BCUT2D eigenvalue weighted by molar-refractivity contribution is 7.23. The lowest BCUT2D eigenvalue weighted by atomic mass is 10.3. The van der Waals surface area contributed by atoms with E-state index in [9.17, 15) is 4.79 Å². The molecule has 0 aliphatic rings. The SMILES string of the molecule is O=c1c2c(Cl)[nH]nc2nc2sc3ccccc3n12. The van der Waals surface area contributed by atoms with E-state index >= 15 is 0 Å². The summed E-state index contributed by atoms with van der Waals surface area (Å²) in [4.78, 5) is 17.4. The van der Waals surface area contributed by atoms with E-state index in [1.54, 1.807) is 4.40 Å². The van der Waals surface area contributed by atoms with Crippen molar-refractivity contribution in [2.24, 2.45) is 0 Å². The Balaban J connectivity index is 2.40. The van der Waals surface area contributed by atoms with Gasteiger partial charge in [-0.05, 0) is 12.1 Å². The summed E-state index contributed by atoms with van der Waals surface area (Å²) in [5, 5.41) is 7.06. The molecule has 4 aromatic rings. The van der Waals surface area contributed by atoms with E-state index in [0.29, 0.717) is 16.0 Å². The molecule has 0 aliphatic heterocycles. The molecule has 0 bridgehead atoms. The Hall–Kier alpha value is -1.92. The molecule has 1 N–H and O–H groups in total. The zero-order valence-electron chi connectivity index (χ0n) is 8.85. The quantitative estimate of drug-likeness (QED) is 0.536. The van der Waals surface area contributed by atoms with E-state index in [-0.39, 0.29) is 10.7 Å². The zero-order valence-corrected chi connectivity index (χ0v) is 10.4. The molecular weight excluding hydrogens is 272 g/mol. The third-order valence-corrected chi connectivity index (χ3v) is 4.12. The summed E-state index contributed by atoms with van der Waals surface area (Å²) in [5.41, 5.74) is 1.01. The number of thiazole rings is 1. The Kier molecular flexibility index (Phi) is 1.84. The molecule has 0 atom stereocenters. The van der Waals surface area contributed by atoms with Gasteiger partial charge in [-0.2, -0.15) is 10.1 Å². The minimum Gasteiger partial charge on any atom is -0.268 e. The van der Waals surface area contributed by atoms with Crippen LogP contribution < -0.4 is 5.56 Å². The van der Waals surface area contributed by atoms with Crippen molar-refractivity contribution in [2.45, 2.75) is 0 Å². The Labute approximate surface area is 109 Å². The normalized spacial score (nSPS) is 11.8. The average molecular weight is 277 g/mol. The van der Waals surface area contributed by atoms with Gasteiger partial charge >= 0.3 is 0 Å². The minimum atomic E-state index is -0.189. The predicted molar refractivity (Wildman–Crippen MR) is 71.5 cm³/mol. The van der Waals surface area contributed by atoms with Crippen LogP contribution in [0.3, 0.4) is 0 Å². The van der Waals surface area contributed by atoms with E-state index in [2.05, 4.69) is 15.2 Å². The summed E-state index contributed by atoms with van der Waals surface area (Å²) in [5.74, 6) is 0. The number of fused-ring (bicyclic) bond motifs is 4. The molecule has 0 spiro atoms. The molecule has 5 nitrogen and oxygen atoms in total. The average Bonchev–Trinajstić information content (AvgIpc) is 2.91. The van der Waals surface area contributed by atoms with Crippen LogP contribution in [0.1, 0.15) is 0 Å². The van der Waals surface area contributed by atoms with Crippen molar-refractivity contribution in [2.75, 3.05) is 0 Å². The standard InChI is InChI=1S/C11H5ClN4OS/c12-8-7-9(15-14-8)13-11-16(10(7)17)5-3-1-2-4-6(5)18-11/h1-4H,(H,14,15). The summed E-state index contributed by atoms with van der Waals surface area (Å²) < 4.78 is 2.58. The monoisotopic (exact) mass is 276 g/mol. The van der Waals surface area contributed by atoms with Crippen LogP contribution in [0, 0.1) is 0 Å². The maximum atomic E-state index is 12.4. The highest BCUT2D eigenvalue weighted by Gasteiger charge is 2.15. The van der Waals surface area contributed by atoms with Gasteiger partial charge in [-0.25, -0.2) is 0 Å².